The van der Waals surface area contributed by atoms with Gasteiger partial charge in [-0.3, -0.25) is 0 Å². The second kappa shape index (κ2) is 6.50. The Morgan fingerprint density at radius 3 is 2.59 bits per heavy atom. The van der Waals surface area contributed by atoms with Crippen LogP contribution in [0.25, 0.3) is 0 Å². The van der Waals surface area contributed by atoms with E-state index in [0.717, 1.165) is 18.9 Å². The smallest absolute Gasteiger partial charge is 0.0931 e. The molecule has 17 heavy (non-hydrogen) atoms. The molecule has 3 heteroatoms. The molecule has 1 aromatic heterocycles. The lowest BCUT2D eigenvalue weighted by molar-refractivity contribution is 0.453. The topological polar surface area (TPSA) is 24.9 Å². The number of hydrogen-bond donors (Lipinski definition) is 1. The molecule has 0 aromatic carbocycles. The van der Waals surface area contributed by atoms with E-state index < -0.39 is 0 Å². The number of thiazole rings is 1. The van der Waals surface area contributed by atoms with E-state index in [1.165, 1.54) is 23.5 Å². The maximum absolute atomic E-state index is 4.78. The van der Waals surface area contributed by atoms with Gasteiger partial charge in [-0.1, -0.05) is 34.1 Å². The van der Waals surface area contributed by atoms with E-state index in [9.17, 15) is 0 Å². The predicted molar refractivity (Wildman–Crippen MR) is 76.8 cm³/mol. The minimum atomic E-state index is 0.179. The zero-order valence-corrected chi connectivity index (χ0v) is 12.7. The Morgan fingerprint density at radius 2 is 2.12 bits per heavy atom. The van der Waals surface area contributed by atoms with Crippen molar-refractivity contribution in [2.24, 2.45) is 5.92 Å². The van der Waals surface area contributed by atoms with Crippen LogP contribution in [0.1, 0.15) is 51.2 Å². The standard InChI is InChI=1S/C14H26N2S/c1-6-7-11(9-15-5)8-13-16-12(10-17-13)14(2,3)4/h10-11,15H,6-9H2,1-5H3. The highest BCUT2D eigenvalue weighted by atomic mass is 32.1. The van der Waals surface area contributed by atoms with E-state index in [2.05, 4.69) is 38.4 Å². The van der Waals surface area contributed by atoms with Crippen LogP contribution in [0.3, 0.4) is 0 Å². The molecule has 0 saturated carbocycles. The molecule has 0 saturated heterocycles. The van der Waals surface area contributed by atoms with Crippen molar-refractivity contribution < 1.29 is 0 Å². The van der Waals surface area contributed by atoms with Gasteiger partial charge >= 0.3 is 0 Å². The van der Waals surface area contributed by atoms with Gasteiger partial charge in [0.2, 0.25) is 0 Å². The highest BCUT2D eigenvalue weighted by molar-refractivity contribution is 7.09. The van der Waals surface area contributed by atoms with Gasteiger partial charge in [0.25, 0.3) is 0 Å². The summed E-state index contributed by atoms with van der Waals surface area (Å²) >= 11 is 1.82. The van der Waals surface area contributed by atoms with Gasteiger partial charge in [0.1, 0.15) is 0 Å². The van der Waals surface area contributed by atoms with E-state index in [4.69, 9.17) is 4.98 Å². The van der Waals surface area contributed by atoms with E-state index in [0.29, 0.717) is 0 Å². The molecule has 0 fully saturated rings. The summed E-state index contributed by atoms with van der Waals surface area (Å²) in [5, 5.41) is 6.80. The number of aromatic nitrogens is 1. The Hall–Kier alpha value is -0.410. The van der Waals surface area contributed by atoms with Gasteiger partial charge in [-0.05, 0) is 25.9 Å². The first-order valence-corrected chi connectivity index (χ1v) is 7.44. The van der Waals surface area contributed by atoms with Gasteiger partial charge in [-0.2, -0.15) is 0 Å². The lowest BCUT2D eigenvalue weighted by Crippen LogP contribution is -2.20. The normalized spacial score (nSPS) is 13.9. The maximum Gasteiger partial charge on any atom is 0.0931 e. The Kier molecular flexibility index (Phi) is 5.60. The first-order valence-electron chi connectivity index (χ1n) is 6.56. The molecule has 0 bridgehead atoms. The van der Waals surface area contributed by atoms with Crippen LogP contribution in [-0.4, -0.2) is 18.6 Å². The molecule has 0 aliphatic heterocycles. The molecule has 1 atom stereocenters. The van der Waals surface area contributed by atoms with Crippen molar-refractivity contribution in [3.63, 3.8) is 0 Å². The van der Waals surface area contributed by atoms with Crippen molar-refractivity contribution in [1.82, 2.24) is 10.3 Å². The molecule has 0 spiro atoms. The lowest BCUT2D eigenvalue weighted by Gasteiger charge is -2.15. The highest BCUT2D eigenvalue weighted by Crippen LogP contribution is 2.25. The zero-order valence-electron chi connectivity index (χ0n) is 11.8. The molecule has 1 rings (SSSR count). The third-order valence-corrected chi connectivity index (χ3v) is 3.84. The molecule has 2 nitrogen and oxygen atoms in total. The summed E-state index contributed by atoms with van der Waals surface area (Å²) < 4.78 is 0. The minimum Gasteiger partial charge on any atom is -0.319 e. The van der Waals surface area contributed by atoms with Gasteiger partial charge in [0.15, 0.2) is 0 Å². The van der Waals surface area contributed by atoms with Crippen molar-refractivity contribution in [1.29, 1.82) is 0 Å². The third kappa shape index (κ3) is 4.76. The van der Waals surface area contributed by atoms with Crippen molar-refractivity contribution in [2.45, 2.75) is 52.4 Å². The summed E-state index contributed by atoms with van der Waals surface area (Å²) in [5.41, 5.74) is 1.41. The molecule has 1 heterocycles. The fourth-order valence-corrected chi connectivity index (χ4v) is 3.11. The van der Waals surface area contributed by atoms with Crippen molar-refractivity contribution in [3.8, 4) is 0 Å². The second-order valence-corrected chi connectivity index (χ2v) is 6.74. The summed E-state index contributed by atoms with van der Waals surface area (Å²) in [6.07, 6.45) is 3.66. The predicted octanol–water partition coefficient (Wildman–Crippen LogP) is 3.62. The molecule has 1 unspecified atom stereocenters. The molecule has 1 N–H and O–H groups in total. The van der Waals surface area contributed by atoms with Crippen LogP contribution in [0.2, 0.25) is 0 Å². The van der Waals surface area contributed by atoms with Gasteiger partial charge < -0.3 is 5.32 Å². The molecule has 98 valence electrons. The quantitative estimate of drug-likeness (QED) is 0.838. The third-order valence-electron chi connectivity index (χ3n) is 2.97. The van der Waals surface area contributed by atoms with Crippen molar-refractivity contribution in [3.05, 3.63) is 16.1 Å². The Morgan fingerprint density at radius 1 is 1.41 bits per heavy atom. The Balaban J connectivity index is 2.63. The van der Waals surface area contributed by atoms with Crippen LogP contribution >= 0.6 is 11.3 Å². The van der Waals surface area contributed by atoms with E-state index in [-0.39, 0.29) is 5.41 Å². The fraction of sp³-hybridized carbons (Fsp3) is 0.786. The number of nitrogens with zero attached hydrogens (tertiary/aromatic N) is 1. The first-order chi connectivity index (χ1) is 7.97. The zero-order chi connectivity index (χ0) is 12.9. The van der Waals surface area contributed by atoms with Crippen LogP contribution in [0.5, 0.6) is 0 Å². The first kappa shape index (κ1) is 14.7. The minimum absolute atomic E-state index is 0.179. The monoisotopic (exact) mass is 254 g/mol. The van der Waals surface area contributed by atoms with Crippen LogP contribution < -0.4 is 5.32 Å². The SMILES string of the molecule is CCCC(CNC)Cc1nc(C(C)(C)C)cs1. The van der Waals surface area contributed by atoms with Gasteiger partial charge in [-0.15, -0.1) is 11.3 Å². The maximum atomic E-state index is 4.78. The summed E-state index contributed by atoms with van der Waals surface area (Å²) in [5.74, 6) is 0.726. The van der Waals surface area contributed by atoms with E-state index >= 15 is 0 Å². The molecule has 0 amide bonds. The summed E-state index contributed by atoms with van der Waals surface area (Å²) in [6, 6.07) is 0. The highest BCUT2D eigenvalue weighted by Gasteiger charge is 2.18. The largest absolute Gasteiger partial charge is 0.319 e. The number of rotatable bonds is 6. The molecule has 0 radical (unpaired) electrons. The van der Waals surface area contributed by atoms with Gasteiger partial charge in [0.05, 0.1) is 10.7 Å². The van der Waals surface area contributed by atoms with Gasteiger partial charge in [0, 0.05) is 17.2 Å². The fourth-order valence-electron chi connectivity index (χ4n) is 1.97. The Labute approximate surface area is 110 Å². The summed E-state index contributed by atoms with van der Waals surface area (Å²) in [7, 11) is 2.03. The Bertz CT molecular complexity index is 319. The van der Waals surface area contributed by atoms with E-state index in [1.54, 1.807) is 0 Å². The number of nitrogens with one attached hydrogen (secondary N) is 1. The van der Waals surface area contributed by atoms with Crippen LogP contribution in [-0.2, 0) is 11.8 Å². The van der Waals surface area contributed by atoms with Crippen LogP contribution in [0.4, 0.5) is 0 Å². The number of hydrogen-bond acceptors (Lipinski definition) is 3. The van der Waals surface area contributed by atoms with Gasteiger partial charge in [-0.25, -0.2) is 4.98 Å². The summed E-state index contributed by atoms with van der Waals surface area (Å²) in [4.78, 5) is 4.78. The molecular formula is C14H26N2S. The lowest BCUT2D eigenvalue weighted by atomic mass is 9.93. The molecule has 0 aliphatic rings. The molecule has 1 aromatic rings. The molecular weight excluding hydrogens is 228 g/mol. The average Bonchev–Trinajstić information content (AvgIpc) is 2.66. The molecule has 0 aliphatic carbocycles. The van der Waals surface area contributed by atoms with E-state index in [1.807, 2.05) is 18.4 Å². The summed E-state index contributed by atoms with van der Waals surface area (Å²) in [6.45, 7) is 10.0. The second-order valence-electron chi connectivity index (χ2n) is 5.79. The van der Waals surface area contributed by atoms with Crippen LogP contribution in [0, 0.1) is 5.92 Å². The van der Waals surface area contributed by atoms with Crippen molar-refractivity contribution >= 4 is 11.3 Å². The average molecular weight is 254 g/mol. The van der Waals surface area contributed by atoms with Crippen molar-refractivity contribution in [2.75, 3.05) is 13.6 Å². The van der Waals surface area contributed by atoms with Crippen LogP contribution in [0.15, 0.2) is 5.38 Å².